The summed E-state index contributed by atoms with van der Waals surface area (Å²) in [6.07, 6.45) is 4.41. The lowest BCUT2D eigenvalue weighted by Gasteiger charge is -2.45. The van der Waals surface area contributed by atoms with E-state index in [1.807, 2.05) is 11.6 Å². The zero-order valence-corrected chi connectivity index (χ0v) is 23.4. The van der Waals surface area contributed by atoms with Crippen molar-refractivity contribution in [3.05, 3.63) is 89.8 Å². The molecular weight excluding hydrogens is 514 g/mol. The van der Waals surface area contributed by atoms with Gasteiger partial charge in [-0.1, -0.05) is 51.1 Å². The average Bonchev–Trinajstić information content (AvgIpc) is 3.60. The number of nitrogens with zero attached hydrogens (tertiary/aromatic N) is 8. The SMILES string of the molecule is C[C@@H](N1CCN(c2ncnn2Cc2ccc(C(C)(C)C)cc2)CC1)[C@](O)(Cn1cncn1)c1ccc(F)cc1F. The number of aliphatic hydroxyl groups is 1. The van der Waals surface area contributed by atoms with E-state index in [1.54, 1.807) is 6.33 Å². The molecule has 1 saturated heterocycles. The molecule has 2 aromatic heterocycles. The van der Waals surface area contributed by atoms with Crippen LogP contribution in [0.5, 0.6) is 0 Å². The van der Waals surface area contributed by atoms with E-state index in [0.29, 0.717) is 32.7 Å². The Kier molecular flexibility index (Phi) is 7.70. The molecule has 212 valence electrons. The number of anilines is 1. The molecule has 0 spiro atoms. The number of aromatic nitrogens is 6. The monoisotopic (exact) mass is 550 g/mol. The van der Waals surface area contributed by atoms with E-state index in [2.05, 4.69) is 75.0 Å². The van der Waals surface area contributed by atoms with Gasteiger partial charge in [0.2, 0.25) is 5.95 Å². The second-order valence-corrected chi connectivity index (χ2v) is 11.5. The fourth-order valence-electron chi connectivity index (χ4n) is 5.35. The largest absolute Gasteiger partial charge is 0.381 e. The third-order valence-corrected chi connectivity index (χ3v) is 7.85. The van der Waals surface area contributed by atoms with Crippen LogP contribution in [0, 0.1) is 11.6 Å². The minimum absolute atomic E-state index is 0.0246. The van der Waals surface area contributed by atoms with Gasteiger partial charge in [0.25, 0.3) is 0 Å². The fraction of sp³-hybridized carbons (Fsp3) is 0.448. The van der Waals surface area contributed by atoms with E-state index in [9.17, 15) is 13.9 Å². The van der Waals surface area contributed by atoms with Crippen LogP contribution in [0.4, 0.5) is 14.7 Å². The predicted octanol–water partition coefficient (Wildman–Crippen LogP) is 3.59. The maximum absolute atomic E-state index is 15.0. The maximum atomic E-state index is 15.0. The number of piperazine rings is 1. The van der Waals surface area contributed by atoms with Gasteiger partial charge in [0.1, 0.15) is 36.2 Å². The highest BCUT2D eigenvalue weighted by atomic mass is 19.1. The Morgan fingerprint density at radius 1 is 0.950 bits per heavy atom. The van der Waals surface area contributed by atoms with E-state index in [1.165, 1.54) is 35.0 Å². The maximum Gasteiger partial charge on any atom is 0.224 e. The third kappa shape index (κ3) is 5.75. The molecule has 0 unspecified atom stereocenters. The first-order valence-corrected chi connectivity index (χ1v) is 13.5. The van der Waals surface area contributed by atoms with Crippen LogP contribution >= 0.6 is 0 Å². The molecule has 5 rings (SSSR count). The number of rotatable bonds is 8. The molecule has 3 heterocycles. The van der Waals surface area contributed by atoms with E-state index < -0.39 is 23.3 Å². The number of halogens is 2. The van der Waals surface area contributed by atoms with Crippen molar-refractivity contribution in [3.8, 4) is 0 Å². The molecule has 40 heavy (non-hydrogen) atoms. The molecule has 2 aromatic carbocycles. The van der Waals surface area contributed by atoms with Crippen LogP contribution in [0.2, 0.25) is 0 Å². The van der Waals surface area contributed by atoms with E-state index >= 15 is 0 Å². The molecule has 0 saturated carbocycles. The Morgan fingerprint density at radius 3 is 2.30 bits per heavy atom. The standard InChI is InChI=1S/C29H36F2N8O/c1-21(29(40,17-38-20-32-18-34-38)25-10-9-24(30)15-26(25)31)36-11-13-37(14-12-36)27-33-19-35-39(27)16-22-5-7-23(8-6-22)28(2,3)4/h5-10,15,18-21,40H,11-14,16-17H2,1-4H3/t21-,29-/m1/s1. The zero-order valence-electron chi connectivity index (χ0n) is 23.4. The van der Waals surface area contributed by atoms with Gasteiger partial charge < -0.3 is 10.0 Å². The lowest BCUT2D eigenvalue weighted by molar-refractivity contribution is -0.0650. The van der Waals surface area contributed by atoms with Crippen LogP contribution in [-0.4, -0.2) is 71.8 Å². The quantitative estimate of drug-likeness (QED) is 0.359. The van der Waals surface area contributed by atoms with E-state index in [4.69, 9.17) is 0 Å². The van der Waals surface area contributed by atoms with Crippen molar-refractivity contribution in [3.63, 3.8) is 0 Å². The first-order chi connectivity index (χ1) is 19.0. The second kappa shape index (κ2) is 11.1. The molecular formula is C29H36F2N8O. The summed E-state index contributed by atoms with van der Waals surface area (Å²) in [5.41, 5.74) is 0.873. The van der Waals surface area contributed by atoms with E-state index in [-0.39, 0.29) is 17.5 Å². The van der Waals surface area contributed by atoms with Gasteiger partial charge in [-0.3, -0.25) is 4.90 Å². The average molecular weight is 551 g/mol. The summed E-state index contributed by atoms with van der Waals surface area (Å²) in [4.78, 5) is 12.8. The Bertz CT molecular complexity index is 1410. The zero-order chi connectivity index (χ0) is 28.5. The van der Waals surface area contributed by atoms with Crippen LogP contribution in [0.3, 0.4) is 0 Å². The van der Waals surface area contributed by atoms with Crippen molar-refractivity contribution >= 4 is 5.95 Å². The molecule has 11 heteroatoms. The molecule has 0 aliphatic carbocycles. The summed E-state index contributed by atoms with van der Waals surface area (Å²) < 4.78 is 32.0. The van der Waals surface area contributed by atoms with Crippen molar-refractivity contribution in [1.29, 1.82) is 0 Å². The van der Waals surface area contributed by atoms with Crippen molar-refractivity contribution in [1.82, 2.24) is 34.4 Å². The second-order valence-electron chi connectivity index (χ2n) is 11.5. The molecule has 4 aromatic rings. The molecule has 1 aliphatic heterocycles. The van der Waals surface area contributed by atoms with Gasteiger partial charge in [0.15, 0.2) is 0 Å². The van der Waals surface area contributed by atoms with E-state index in [0.717, 1.165) is 17.6 Å². The highest BCUT2D eigenvalue weighted by Gasteiger charge is 2.43. The highest BCUT2D eigenvalue weighted by Crippen LogP contribution is 2.33. The summed E-state index contributed by atoms with van der Waals surface area (Å²) in [7, 11) is 0. The van der Waals surface area contributed by atoms with Gasteiger partial charge >= 0.3 is 0 Å². The Balaban J connectivity index is 1.30. The molecule has 2 atom stereocenters. The van der Waals surface area contributed by atoms with Crippen LogP contribution < -0.4 is 4.90 Å². The van der Waals surface area contributed by atoms with Crippen LogP contribution in [0.25, 0.3) is 0 Å². The Labute approximate surface area is 233 Å². The van der Waals surface area contributed by atoms with Crippen molar-refractivity contribution in [2.75, 3.05) is 31.1 Å². The lowest BCUT2D eigenvalue weighted by atomic mass is 9.85. The van der Waals surface area contributed by atoms with Gasteiger partial charge in [-0.2, -0.15) is 15.2 Å². The van der Waals surface area contributed by atoms with Gasteiger partial charge in [0.05, 0.1) is 13.1 Å². The fourth-order valence-corrected chi connectivity index (χ4v) is 5.35. The summed E-state index contributed by atoms with van der Waals surface area (Å²) in [6.45, 7) is 11.6. The number of hydrogen-bond donors (Lipinski definition) is 1. The number of hydrogen-bond acceptors (Lipinski definition) is 7. The van der Waals surface area contributed by atoms with Gasteiger partial charge in [0, 0.05) is 43.9 Å². The first kappa shape index (κ1) is 27.9. The third-order valence-electron chi connectivity index (χ3n) is 7.85. The summed E-state index contributed by atoms with van der Waals surface area (Å²) >= 11 is 0. The minimum atomic E-state index is -1.67. The normalized spacial score (nSPS) is 17.1. The molecule has 1 aliphatic rings. The summed E-state index contributed by atoms with van der Waals surface area (Å²) in [5, 5.41) is 20.5. The first-order valence-electron chi connectivity index (χ1n) is 13.5. The van der Waals surface area contributed by atoms with Crippen LogP contribution in [-0.2, 0) is 24.1 Å². The Hall–Kier alpha value is -3.70. The van der Waals surface area contributed by atoms with Gasteiger partial charge in [-0.25, -0.2) is 23.1 Å². The molecule has 1 N–H and O–H groups in total. The molecule has 1 fully saturated rings. The molecule has 9 nitrogen and oxygen atoms in total. The number of benzene rings is 2. The highest BCUT2D eigenvalue weighted by molar-refractivity contribution is 5.33. The lowest BCUT2D eigenvalue weighted by Crippen LogP contribution is -2.58. The molecule has 0 amide bonds. The van der Waals surface area contributed by atoms with Crippen LogP contribution in [0.15, 0.2) is 61.4 Å². The van der Waals surface area contributed by atoms with Gasteiger partial charge in [-0.05, 0) is 29.5 Å². The van der Waals surface area contributed by atoms with Crippen molar-refractivity contribution in [2.45, 2.75) is 57.8 Å². The summed E-state index contributed by atoms with van der Waals surface area (Å²) in [5.74, 6) is -0.703. The minimum Gasteiger partial charge on any atom is -0.381 e. The smallest absolute Gasteiger partial charge is 0.224 e. The van der Waals surface area contributed by atoms with Crippen LogP contribution in [0.1, 0.15) is 44.4 Å². The predicted molar refractivity (Wildman–Crippen MR) is 148 cm³/mol. The Morgan fingerprint density at radius 2 is 1.68 bits per heavy atom. The topological polar surface area (TPSA) is 88.1 Å². The molecule has 0 bridgehead atoms. The summed E-state index contributed by atoms with van der Waals surface area (Å²) in [6, 6.07) is 11.4. The molecule has 0 radical (unpaired) electrons. The van der Waals surface area contributed by atoms with Crippen molar-refractivity contribution < 1.29 is 13.9 Å². The van der Waals surface area contributed by atoms with Crippen molar-refractivity contribution in [2.24, 2.45) is 0 Å². The van der Waals surface area contributed by atoms with Gasteiger partial charge in [-0.15, -0.1) is 0 Å².